The van der Waals surface area contributed by atoms with Gasteiger partial charge in [-0.25, -0.2) is 0 Å². The molecule has 2 aliphatic rings. The van der Waals surface area contributed by atoms with Gasteiger partial charge >= 0.3 is 0 Å². The van der Waals surface area contributed by atoms with Gasteiger partial charge in [-0.1, -0.05) is 12.1 Å². The number of hydrogen-bond acceptors (Lipinski definition) is 4. The Morgan fingerprint density at radius 1 is 1.26 bits per heavy atom. The lowest BCUT2D eigenvalue weighted by molar-refractivity contribution is -0.127. The van der Waals surface area contributed by atoms with E-state index in [2.05, 4.69) is 11.9 Å². The molecule has 1 atom stereocenters. The molecule has 5 nitrogen and oxygen atoms in total. The molecule has 1 aliphatic carbocycles. The van der Waals surface area contributed by atoms with E-state index in [1.807, 2.05) is 43.5 Å². The van der Waals surface area contributed by atoms with Crippen LogP contribution in [0, 0.1) is 0 Å². The van der Waals surface area contributed by atoms with E-state index in [9.17, 15) is 9.59 Å². The Balaban J connectivity index is 1.73. The summed E-state index contributed by atoms with van der Waals surface area (Å²) in [5.74, 6) is 0.885. The van der Waals surface area contributed by atoms with Gasteiger partial charge in [0, 0.05) is 32.0 Å². The van der Waals surface area contributed by atoms with Crippen LogP contribution >= 0.6 is 0 Å². The fraction of sp³-hybridized carbons (Fsp3) is 0.455. The van der Waals surface area contributed by atoms with E-state index < -0.39 is 0 Å². The van der Waals surface area contributed by atoms with Crippen molar-refractivity contribution in [2.75, 3.05) is 20.7 Å². The molecule has 1 unspecified atom stereocenters. The van der Waals surface area contributed by atoms with Crippen LogP contribution in [0.1, 0.15) is 44.1 Å². The molecular weight excluding hydrogens is 340 g/mol. The van der Waals surface area contributed by atoms with Crippen LogP contribution in [-0.2, 0) is 9.59 Å². The molecule has 0 aromatic heterocycles. The van der Waals surface area contributed by atoms with Gasteiger partial charge in [-0.15, -0.1) is 0 Å². The summed E-state index contributed by atoms with van der Waals surface area (Å²) >= 11 is 0. The summed E-state index contributed by atoms with van der Waals surface area (Å²) in [7, 11) is 3.70. The maximum atomic E-state index is 12.6. The van der Waals surface area contributed by atoms with Crippen LogP contribution in [0.15, 0.2) is 47.8 Å². The van der Waals surface area contributed by atoms with Crippen molar-refractivity contribution in [1.82, 2.24) is 9.80 Å². The maximum Gasteiger partial charge on any atom is 0.227 e. The van der Waals surface area contributed by atoms with Gasteiger partial charge in [-0.2, -0.15) is 0 Å². The molecule has 27 heavy (non-hydrogen) atoms. The lowest BCUT2D eigenvalue weighted by Crippen LogP contribution is -2.33. The lowest BCUT2D eigenvalue weighted by Gasteiger charge is -2.34. The highest BCUT2D eigenvalue weighted by Gasteiger charge is 2.33. The Bertz CT molecular complexity index is 747. The van der Waals surface area contributed by atoms with E-state index in [1.165, 1.54) is 19.3 Å². The molecule has 0 spiro atoms. The van der Waals surface area contributed by atoms with Crippen molar-refractivity contribution in [2.24, 2.45) is 0 Å². The third-order valence-electron chi connectivity index (χ3n) is 5.73. The zero-order chi connectivity index (χ0) is 19.4. The monoisotopic (exact) mass is 368 g/mol. The molecular formula is C22H28N2O3. The zero-order valence-corrected chi connectivity index (χ0v) is 16.4. The minimum absolute atomic E-state index is 0.00184. The summed E-state index contributed by atoms with van der Waals surface area (Å²) in [5.41, 5.74) is 2.38. The van der Waals surface area contributed by atoms with E-state index in [4.69, 9.17) is 4.74 Å². The number of ether oxygens (including phenoxy) is 1. The van der Waals surface area contributed by atoms with Gasteiger partial charge in [0.05, 0.1) is 12.8 Å². The number of carbonyl (C=O) groups excluding carboxylic acids is 2. The first-order valence-electron chi connectivity index (χ1n) is 9.54. The van der Waals surface area contributed by atoms with Crippen LogP contribution in [0.3, 0.4) is 0 Å². The van der Waals surface area contributed by atoms with E-state index in [0.717, 1.165) is 23.2 Å². The highest BCUT2D eigenvalue weighted by Crippen LogP contribution is 2.32. The van der Waals surface area contributed by atoms with Gasteiger partial charge in [0.1, 0.15) is 5.75 Å². The normalized spacial score (nSPS) is 21.2. The predicted molar refractivity (Wildman–Crippen MR) is 105 cm³/mol. The van der Waals surface area contributed by atoms with E-state index in [0.29, 0.717) is 24.7 Å². The summed E-state index contributed by atoms with van der Waals surface area (Å²) in [6.45, 7) is 2.42. The molecule has 2 fully saturated rings. The Morgan fingerprint density at radius 2 is 1.96 bits per heavy atom. The number of amides is 1. The highest BCUT2D eigenvalue weighted by molar-refractivity contribution is 5.89. The minimum atomic E-state index is -0.00184. The molecule has 1 saturated carbocycles. The maximum absolute atomic E-state index is 12.6. The first-order valence-corrected chi connectivity index (χ1v) is 9.54. The van der Waals surface area contributed by atoms with Crippen molar-refractivity contribution in [3.05, 3.63) is 53.4 Å². The van der Waals surface area contributed by atoms with Crippen molar-refractivity contribution in [3.63, 3.8) is 0 Å². The molecule has 1 amide bonds. The standard InChI is InChI=1S/C22H28N2O3/c1-16(11-12-23(2)19-5-4-6-19)21(15-25)24-14-18(13-22(24)26)17-7-9-20(27-3)10-8-17/h7-12,15,18-19H,4-6,13-14H2,1-3H3/b12-11-,21-16+. The lowest BCUT2D eigenvalue weighted by atomic mass is 9.92. The smallest absolute Gasteiger partial charge is 0.227 e. The predicted octanol–water partition coefficient (Wildman–Crippen LogP) is 3.48. The summed E-state index contributed by atoms with van der Waals surface area (Å²) in [6, 6.07) is 8.39. The molecule has 3 rings (SSSR count). The molecule has 1 heterocycles. The van der Waals surface area contributed by atoms with Gasteiger partial charge in [0.2, 0.25) is 5.91 Å². The number of aldehydes is 1. The van der Waals surface area contributed by atoms with Gasteiger partial charge in [-0.3, -0.25) is 9.59 Å². The van der Waals surface area contributed by atoms with Crippen molar-refractivity contribution in [3.8, 4) is 5.75 Å². The molecule has 0 N–H and O–H groups in total. The number of nitrogens with zero attached hydrogens (tertiary/aromatic N) is 2. The van der Waals surface area contributed by atoms with E-state index >= 15 is 0 Å². The van der Waals surface area contributed by atoms with Gasteiger partial charge in [0.25, 0.3) is 0 Å². The molecule has 0 bridgehead atoms. The van der Waals surface area contributed by atoms with E-state index in [-0.39, 0.29) is 11.8 Å². The van der Waals surface area contributed by atoms with Gasteiger partial charge < -0.3 is 14.5 Å². The molecule has 1 aromatic rings. The largest absolute Gasteiger partial charge is 0.497 e. The second kappa shape index (κ2) is 8.42. The third kappa shape index (κ3) is 4.24. The Hall–Kier alpha value is -2.56. The molecule has 0 radical (unpaired) electrons. The second-order valence-electron chi connectivity index (χ2n) is 7.43. The zero-order valence-electron chi connectivity index (χ0n) is 16.4. The van der Waals surface area contributed by atoms with Crippen LogP contribution in [-0.4, -0.2) is 48.7 Å². The number of hydrogen-bond donors (Lipinski definition) is 0. The minimum Gasteiger partial charge on any atom is -0.497 e. The molecule has 144 valence electrons. The molecule has 1 saturated heterocycles. The number of rotatable bonds is 7. The number of benzene rings is 1. The Kier molecular flexibility index (Phi) is 5.99. The SMILES string of the molecule is COc1ccc(C2CC(=O)N(/C(C=O)=C(C)/C=C\N(C)C3CCC3)C2)cc1. The fourth-order valence-corrected chi connectivity index (χ4v) is 3.64. The molecule has 1 aliphatic heterocycles. The third-order valence-corrected chi connectivity index (χ3v) is 5.73. The number of carbonyl (C=O) groups is 2. The van der Waals surface area contributed by atoms with Crippen LogP contribution in [0.25, 0.3) is 0 Å². The average molecular weight is 368 g/mol. The summed E-state index contributed by atoms with van der Waals surface area (Å²) in [5, 5.41) is 0. The van der Waals surface area contributed by atoms with Crippen molar-refractivity contribution in [1.29, 1.82) is 0 Å². The Labute approximate surface area is 161 Å². The first kappa shape index (κ1) is 19.2. The van der Waals surface area contributed by atoms with Crippen LogP contribution in [0.4, 0.5) is 0 Å². The summed E-state index contributed by atoms with van der Waals surface area (Å²) in [4.78, 5) is 28.1. The van der Waals surface area contributed by atoms with Crippen molar-refractivity contribution in [2.45, 2.75) is 44.6 Å². The summed E-state index contributed by atoms with van der Waals surface area (Å²) in [6.07, 6.45) is 8.91. The molecule has 1 aromatic carbocycles. The van der Waals surface area contributed by atoms with Gasteiger partial charge in [0.15, 0.2) is 6.29 Å². The second-order valence-corrected chi connectivity index (χ2v) is 7.43. The first-order chi connectivity index (χ1) is 13.0. The quantitative estimate of drug-likeness (QED) is 0.420. The number of likely N-dealkylation sites (tertiary alicyclic amines) is 1. The number of allylic oxidation sites excluding steroid dienone is 3. The average Bonchev–Trinajstić information content (AvgIpc) is 3.01. The van der Waals surface area contributed by atoms with Crippen molar-refractivity contribution >= 4 is 12.2 Å². The van der Waals surface area contributed by atoms with Crippen LogP contribution in [0.5, 0.6) is 5.75 Å². The van der Waals surface area contributed by atoms with E-state index in [1.54, 1.807) is 12.0 Å². The van der Waals surface area contributed by atoms with Gasteiger partial charge in [-0.05, 0) is 61.7 Å². The number of methoxy groups -OCH3 is 1. The Morgan fingerprint density at radius 3 is 2.52 bits per heavy atom. The van der Waals surface area contributed by atoms with Crippen molar-refractivity contribution < 1.29 is 14.3 Å². The topological polar surface area (TPSA) is 49.9 Å². The molecule has 5 heteroatoms. The fourth-order valence-electron chi connectivity index (χ4n) is 3.64. The van der Waals surface area contributed by atoms with Crippen LogP contribution in [0.2, 0.25) is 0 Å². The summed E-state index contributed by atoms with van der Waals surface area (Å²) < 4.78 is 5.19. The highest BCUT2D eigenvalue weighted by atomic mass is 16.5. The van der Waals surface area contributed by atoms with Crippen LogP contribution < -0.4 is 4.74 Å².